The Hall–Kier alpha value is -3.98. The lowest BCUT2D eigenvalue weighted by Crippen LogP contribution is -2.49. The van der Waals surface area contributed by atoms with E-state index < -0.39 is 11.7 Å². The van der Waals surface area contributed by atoms with Crippen LogP contribution in [0, 0.1) is 0 Å². The molecule has 0 aliphatic carbocycles. The largest absolute Gasteiger partial charge is 0.487 e. The van der Waals surface area contributed by atoms with Gasteiger partial charge in [0, 0.05) is 31.2 Å². The van der Waals surface area contributed by atoms with Crippen LogP contribution < -0.4 is 20.5 Å². The molecule has 0 saturated carbocycles. The maximum Gasteiger partial charge on any atom is 0.407 e. The quantitative estimate of drug-likeness (QED) is 0.311. The molecule has 1 amide bonds. The van der Waals surface area contributed by atoms with Crippen molar-refractivity contribution in [1.29, 1.82) is 0 Å². The number of anilines is 1. The number of hydrogen-bond acceptors (Lipinski definition) is 6. The molecule has 0 unspecified atom stereocenters. The molecule has 0 radical (unpaired) electrons. The Balaban J connectivity index is 1.51. The fourth-order valence-corrected chi connectivity index (χ4v) is 5.28. The molecule has 10 heteroatoms. The van der Waals surface area contributed by atoms with E-state index in [1.165, 1.54) is 0 Å². The summed E-state index contributed by atoms with van der Waals surface area (Å²) in [5.41, 5.74) is 1.93. The van der Waals surface area contributed by atoms with Crippen molar-refractivity contribution in [1.82, 2.24) is 19.4 Å². The summed E-state index contributed by atoms with van der Waals surface area (Å²) >= 11 is 6.55. The lowest BCUT2D eigenvalue weighted by Gasteiger charge is -2.34. The van der Waals surface area contributed by atoms with E-state index in [2.05, 4.69) is 10.2 Å². The first-order chi connectivity index (χ1) is 19.6. The highest BCUT2D eigenvalue weighted by Gasteiger charge is 2.28. The molecule has 1 fully saturated rings. The Bertz CT molecular complexity index is 1590. The van der Waals surface area contributed by atoms with Crippen LogP contribution in [-0.2, 0) is 24.9 Å². The van der Waals surface area contributed by atoms with E-state index in [-0.39, 0.29) is 18.2 Å². The highest BCUT2D eigenvalue weighted by molar-refractivity contribution is 6.31. The normalized spacial score (nSPS) is 15.6. The number of ether oxygens (including phenoxy) is 2. The van der Waals surface area contributed by atoms with E-state index in [0.717, 1.165) is 30.7 Å². The van der Waals surface area contributed by atoms with Crippen LogP contribution in [0.1, 0.15) is 44.9 Å². The Morgan fingerprint density at radius 2 is 1.85 bits per heavy atom. The van der Waals surface area contributed by atoms with Gasteiger partial charge in [-0.1, -0.05) is 48.0 Å². The number of imidazole rings is 1. The number of aromatic nitrogens is 3. The number of halogens is 1. The zero-order valence-electron chi connectivity index (χ0n) is 23.9. The number of hydrogen-bond donors (Lipinski definition) is 1. The van der Waals surface area contributed by atoms with Crippen molar-refractivity contribution in [2.45, 2.75) is 58.4 Å². The number of alkyl carbamates (subject to hydrolysis) is 1. The van der Waals surface area contributed by atoms with Crippen LogP contribution in [0.5, 0.6) is 5.75 Å². The van der Waals surface area contributed by atoms with Gasteiger partial charge < -0.3 is 28.8 Å². The Morgan fingerprint density at radius 1 is 1.12 bits per heavy atom. The van der Waals surface area contributed by atoms with Gasteiger partial charge in [0.25, 0.3) is 5.56 Å². The first kappa shape index (κ1) is 28.5. The second-order valence-corrected chi connectivity index (χ2v) is 11.8. The number of piperidine rings is 1. The fourth-order valence-electron chi connectivity index (χ4n) is 5.08. The molecule has 4 aromatic rings. The number of carbonyl (C=O) groups excluding carboxylic acids is 1. The summed E-state index contributed by atoms with van der Waals surface area (Å²) in [6.07, 6.45) is 1.23. The number of amides is 1. The smallest absolute Gasteiger partial charge is 0.407 e. The maximum absolute atomic E-state index is 13.8. The van der Waals surface area contributed by atoms with Gasteiger partial charge in [0.15, 0.2) is 0 Å². The molecule has 3 heterocycles. The van der Waals surface area contributed by atoms with Crippen LogP contribution in [0.3, 0.4) is 0 Å². The van der Waals surface area contributed by atoms with Gasteiger partial charge in [-0.05, 0) is 63.4 Å². The minimum Gasteiger partial charge on any atom is -0.487 e. The molecular formula is C31H36ClN5O4. The van der Waals surface area contributed by atoms with Gasteiger partial charge in [0.05, 0.1) is 17.8 Å². The van der Waals surface area contributed by atoms with Gasteiger partial charge >= 0.3 is 6.09 Å². The first-order valence-electron chi connectivity index (χ1n) is 13.8. The molecule has 1 saturated heterocycles. The van der Waals surface area contributed by atoms with E-state index in [0.29, 0.717) is 40.8 Å². The molecule has 1 atom stereocenters. The van der Waals surface area contributed by atoms with Gasteiger partial charge in [0.2, 0.25) is 5.95 Å². The van der Waals surface area contributed by atoms with Gasteiger partial charge in [-0.25, -0.2) is 9.78 Å². The number of pyridine rings is 1. The molecule has 5 rings (SSSR count). The molecule has 1 N–H and O–H groups in total. The highest BCUT2D eigenvalue weighted by atomic mass is 35.5. The lowest BCUT2D eigenvalue weighted by molar-refractivity contribution is 0.0499. The third kappa shape index (κ3) is 6.68. The Morgan fingerprint density at radius 3 is 2.59 bits per heavy atom. The van der Waals surface area contributed by atoms with Crippen LogP contribution in [0.25, 0.3) is 11.0 Å². The minimum atomic E-state index is -0.580. The summed E-state index contributed by atoms with van der Waals surface area (Å²) in [7, 11) is 1.75. The summed E-state index contributed by atoms with van der Waals surface area (Å²) in [5, 5.41) is 3.62. The summed E-state index contributed by atoms with van der Waals surface area (Å²) in [4.78, 5) is 33.4. The predicted molar refractivity (Wildman–Crippen MR) is 161 cm³/mol. The van der Waals surface area contributed by atoms with Crippen LogP contribution in [0.4, 0.5) is 10.7 Å². The number of para-hydroxylation sites is 1. The van der Waals surface area contributed by atoms with E-state index in [9.17, 15) is 9.59 Å². The Labute approximate surface area is 244 Å². The van der Waals surface area contributed by atoms with Crippen LogP contribution in [-0.4, -0.2) is 44.9 Å². The molecule has 9 nitrogen and oxygen atoms in total. The number of rotatable bonds is 7. The lowest BCUT2D eigenvalue weighted by atomic mass is 10.1. The third-order valence-corrected chi connectivity index (χ3v) is 7.43. The monoisotopic (exact) mass is 577 g/mol. The number of nitrogens with zero attached hydrogens (tertiary/aromatic N) is 4. The van der Waals surface area contributed by atoms with Crippen molar-refractivity contribution in [2.24, 2.45) is 7.05 Å². The molecule has 216 valence electrons. The Kier molecular flexibility index (Phi) is 8.26. The molecule has 0 bridgehead atoms. The third-order valence-electron chi connectivity index (χ3n) is 7.06. The summed E-state index contributed by atoms with van der Waals surface area (Å²) in [6.45, 7) is 7.41. The fraction of sp³-hybridized carbons (Fsp3) is 0.387. The zero-order valence-corrected chi connectivity index (χ0v) is 24.6. The van der Waals surface area contributed by atoms with E-state index in [1.54, 1.807) is 11.6 Å². The molecule has 0 spiro atoms. The van der Waals surface area contributed by atoms with Crippen molar-refractivity contribution < 1.29 is 14.3 Å². The molecule has 41 heavy (non-hydrogen) atoms. The van der Waals surface area contributed by atoms with E-state index >= 15 is 0 Å². The number of fused-ring (bicyclic) bond motifs is 1. The van der Waals surface area contributed by atoms with Gasteiger partial charge in [-0.3, -0.25) is 4.79 Å². The van der Waals surface area contributed by atoms with Crippen molar-refractivity contribution in [3.63, 3.8) is 0 Å². The predicted octanol–water partition coefficient (Wildman–Crippen LogP) is 5.51. The van der Waals surface area contributed by atoms with Gasteiger partial charge in [-0.2, -0.15) is 0 Å². The van der Waals surface area contributed by atoms with Gasteiger partial charge in [0.1, 0.15) is 23.5 Å². The number of benzene rings is 2. The van der Waals surface area contributed by atoms with Crippen molar-refractivity contribution >= 4 is 34.7 Å². The highest BCUT2D eigenvalue weighted by Crippen LogP contribution is 2.28. The molecule has 2 aromatic heterocycles. The van der Waals surface area contributed by atoms with E-state index in [4.69, 9.17) is 26.1 Å². The van der Waals surface area contributed by atoms with Gasteiger partial charge in [-0.15, -0.1) is 0 Å². The van der Waals surface area contributed by atoms with Crippen molar-refractivity contribution in [3.8, 4) is 5.75 Å². The van der Waals surface area contributed by atoms with E-state index in [1.807, 2.05) is 86.0 Å². The molecule has 2 aromatic carbocycles. The first-order valence-corrected chi connectivity index (χ1v) is 14.2. The summed E-state index contributed by atoms with van der Waals surface area (Å²) in [5.74, 6) is 1.38. The number of carbonyl (C=O) groups is 1. The molecular weight excluding hydrogens is 542 g/mol. The van der Waals surface area contributed by atoms with Crippen molar-refractivity contribution in [3.05, 3.63) is 87.3 Å². The minimum absolute atomic E-state index is 0.121. The van der Waals surface area contributed by atoms with Crippen LogP contribution >= 0.6 is 11.6 Å². The SMILES string of the molecule is Cn1c(COc2ccccc2)cc2nc(N3CCC[C@@H](NC(=O)OC(C)(C)C)C3)n(Cc3ccccc3Cl)c2c1=O. The number of nitrogens with one attached hydrogen (secondary N) is 1. The second kappa shape index (κ2) is 11.9. The average molecular weight is 578 g/mol. The van der Waals surface area contributed by atoms with Crippen LogP contribution in [0.2, 0.25) is 5.02 Å². The van der Waals surface area contributed by atoms with Crippen LogP contribution in [0.15, 0.2) is 65.5 Å². The molecule has 1 aliphatic rings. The molecule has 1 aliphatic heterocycles. The standard InChI is InChI=1S/C31H36ClN5O4/c1-31(2,3)41-30(39)33-22-12-10-16-36(19-22)29-34-26-17-23(20-40-24-13-6-5-7-14-24)35(4)28(38)27(26)37(29)18-21-11-8-9-15-25(21)32/h5-9,11,13-15,17,22H,10,12,16,18-20H2,1-4H3,(H,33,39)/t22-/m1/s1. The van der Waals surface area contributed by atoms with Crippen molar-refractivity contribution in [2.75, 3.05) is 18.0 Å². The maximum atomic E-state index is 13.8. The average Bonchev–Trinajstić information content (AvgIpc) is 3.29. The zero-order chi connectivity index (χ0) is 29.1. The summed E-state index contributed by atoms with van der Waals surface area (Å²) < 4.78 is 15.0. The second-order valence-electron chi connectivity index (χ2n) is 11.4. The summed E-state index contributed by atoms with van der Waals surface area (Å²) in [6, 6.07) is 18.9. The topological polar surface area (TPSA) is 90.6 Å².